The number of ether oxygens (including phenoxy) is 1. The van der Waals surface area contributed by atoms with Crippen molar-refractivity contribution in [3.05, 3.63) is 29.8 Å². The molecular weight excluding hydrogens is 236 g/mol. The molecule has 0 bridgehead atoms. The second-order valence-electron chi connectivity index (χ2n) is 6.00. The Labute approximate surface area is 116 Å². The summed E-state index contributed by atoms with van der Waals surface area (Å²) in [6.07, 6.45) is 3.79. The van der Waals surface area contributed by atoms with Crippen molar-refractivity contribution in [2.24, 2.45) is 5.92 Å². The first-order valence-corrected chi connectivity index (χ1v) is 7.55. The van der Waals surface area contributed by atoms with E-state index >= 15 is 0 Å². The topological polar surface area (TPSA) is 29.5 Å². The van der Waals surface area contributed by atoms with E-state index in [0.717, 1.165) is 25.0 Å². The van der Waals surface area contributed by atoms with Crippen LogP contribution < -0.4 is 4.74 Å². The lowest BCUT2D eigenvalue weighted by Gasteiger charge is -2.33. The van der Waals surface area contributed by atoms with Crippen molar-refractivity contribution in [1.29, 1.82) is 0 Å². The van der Waals surface area contributed by atoms with Crippen molar-refractivity contribution in [2.75, 3.05) is 0 Å². The van der Waals surface area contributed by atoms with Gasteiger partial charge in [0.05, 0.1) is 6.10 Å². The van der Waals surface area contributed by atoms with Gasteiger partial charge in [0.25, 0.3) is 0 Å². The summed E-state index contributed by atoms with van der Waals surface area (Å²) < 4.78 is 6.14. The number of hydrogen-bond donors (Lipinski definition) is 1. The molecule has 0 heterocycles. The first kappa shape index (κ1) is 14.4. The Morgan fingerprint density at radius 3 is 2.68 bits per heavy atom. The predicted molar refractivity (Wildman–Crippen MR) is 78.6 cm³/mol. The Morgan fingerprint density at radius 2 is 2.00 bits per heavy atom. The van der Waals surface area contributed by atoms with Crippen molar-refractivity contribution in [2.45, 2.75) is 64.6 Å². The minimum absolute atomic E-state index is 0.0430. The van der Waals surface area contributed by atoms with Crippen molar-refractivity contribution < 1.29 is 9.84 Å². The van der Waals surface area contributed by atoms with Crippen LogP contribution in [0.3, 0.4) is 0 Å². The molecule has 0 saturated heterocycles. The molecule has 2 nitrogen and oxygen atoms in total. The Hall–Kier alpha value is -1.02. The molecule has 19 heavy (non-hydrogen) atoms. The van der Waals surface area contributed by atoms with Gasteiger partial charge in [0.2, 0.25) is 0 Å². The van der Waals surface area contributed by atoms with Gasteiger partial charge in [-0.1, -0.05) is 45.4 Å². The van der Waals surface area contributed by atoms with Gasteiger partial charge in [-0.25, -0.2) is 0 Å². The molecule has 0 radical (unpaired) electrons. The van der Waals surface area contributed by atoms with Crippen LogP contribution in [0.2, 0.25) is 0 Å². The molecule has 0 spiro atoms. The highest BCUT2D eigenvalue weighted by Crippen LogP contribution is 2.33. The maximum atomic E-state index is 10.1. The molecule has 1 aliphatic rings. The summed E-state index contributed by atoms with van der Waals surface area (Å²) in [4.78, 5) is 0. The average molecular weight is 262 g/mol. The van der Waals surface area contributed by atoms with Crippen molar-refractivity contribution >= 4 is 0 Å². The molecule has 1 fully saturated rings. The van der Waals surface area contributed by atoms with Gasteiger partial charge in [0.15, 0.2) is 0 Å². The van der Waals surface area contributed by atoms with Crippen molar-refractivity contribution in [3.8, 4) is 5.75 Å². The number of hydrogen-bond acceptors (Lipinski definition) is 2. The normalized spacial score (nSPS) is 27.5. The monoisotopic (exact) mass is 262 g/mol. The first-order valence-electron chi connectivity index (χ1n) is 7.55. The number of rotatable bonds is 4. The first-order chi connectivity index (χ1) is 9.11. The van der Waals surface area contributed by atoms with Gasteiger partial charge < -0.3 is 9.84 Å². The molecule has 2 rings (SSSR count). The van der Waals surface area contributed by atoms with Crippen LogP contribution in [-0.4, -0.2) is 17.3 Å². The second-order valence-corrected chi connectivity index (χ2v) is 6.00. The van der Waals surface area contributed by atoms with E-state index in [1.807, 2.05) is 18.2 Å². The summed E-state index contributed by atoms with van der Waals surface area (Å²) in [5, 5.41) is 10.1. The van der Waals surface area contributed by atoms with Gasteiger partial charge in [-0.05, 0) is 42.7 Å². The second kappa shape index (κ2) is 6.42. The van der Waals surface area contributed by atoms with E-state index in [4.69, 9.17) is 4.74 Å². The lowest BCUT2D eigenvalue weighted by Crippen LogP contribution is -2.38. The van der Waals surface area contributed by atoms with Gasteiger partial charge in [-0.2, -0.15) is 0 Å². The van der Waals surface area contributed by atoms with Crippen molar-refractivity contribution in [1.82, 2.24) is 0 Å². The largest absolute Gasteiger partial charge is 0.487 e. The highest BCUT2D eigenvalue weighted by atomic mass is 16.5. The molecule has 1 N–H and O–H groups in total. The number of aliphatic hydroxyl groups is 1. The number of para-hydroxylation sites is 1. The van der Waals surface area contributed by atoms with Crippen LogP contribution in [0.25, 0.3) is 0 Å². The molecule has 1 saturated carbocycles. The average Bonchev–Trinajstić information content (AvgIpc) is 2.41. The summed E-state index contributed by atoms with van der Waals surface area (Å²) in [5.41, 5.74) is 1.23. The molecule has 0 amide bonds. The molecule has 1 aromatic carbocycles. The summed E-state index contributed by atoms with van der Waals surface area (Å²) >= 11 is 0. The summed E-state index contributed by atoms with van der Waals surface area (Å²) in [7, 11) is 0. The standard InChI is InChI=1S/C17H26O2/c1-4-13-9-10-15(18)17(11-13)19-16-8-6-5-7-14(16)12(2)3/h5-8,12-13,15,17-18H,4,9-11H2,1-3H3. The smallest absolute Gasteiger partial charge is 0.125 e. The lowest BCUT2D eigenvalue weighted by molar-refractivity contribution is -0.0114. The fourth-order valence-corrected chi connectivity index (χ4v) is 2.92. The van der Waals surface area contributed by atoms with Crippen LogP contribution in [0.15, 0.2) is 24.3 Å². The minimum atomic E-state index is -0.317. The molecule has 2 heteroatoms. The summed E-state index contributed by atoms with van der Waals surface area (Å²) in [6.45, 7) is 6.57. The van der Waals surface area contributed by atoms with Crippen molar-refractivity contribution in [3.63, 3.8) is 0 Å². The fourth-order valence-electron chi connectivity index (χ4n) is 2.92. The Balaban J connectivity index is 2.11. The predicted octanol–water partition coefficient (Wildman–Crippen LogP) is 4.13. The molecule has 3 atom stereocenters. The van der Waals surface area contributed by atoms with E-state index in [1.165, 1.54) is 12.0 Å². The summed E-state index contributed by atoms with van der Waals surface area (Å²) in [5.74, 6) is 2.08. The highest BCUT2D eigenvalue weighted by molar-refractivity contribution is 5.35. The van der Waals surface area contributed by atoms with Gasteiger partial charge in [0, 0.05) is 0 Å². The van der Waals surface area contributed by atoms with Crippen LogP contribution in [0, 0.1) is 5.92 Å². The lowest BCUT2D eigenvalue weighted by atomic mass is 9.84. The molecule has 3 unspecified atom stereocenters. The number of aliphatic hydroxyl groups excluding tert-OH is 1. The van der Waals surface area contributed by atoms with E-state index in [9.17, 15) is 5.11 Å². The van der Waals surface area contributed by atoms with Crippen LogP contribution in [0.1, 0.15) is 57.9 Å². The van der Waals surface area contributed by atoms with Gasteiger partial charge in [0.1, 0.15) is 11.9 Å². The Bertz CT molecular complexity index is 400. The van der Waals surface area contributed by atoms with Crippen LogP contribution in [-0.2, 0) is 0 Å². The van der Waals surface area contributed by atoms with E-state index in [2.05, 4.69) is 26.8 Å². The summed E-state index contributed by atoms with van der Waals surface area (Å²) in [6, 6.07) is 8.20. The van der Waals surface area contributed by atoms with E-state index in [1.54, 1.807) is 0 Å². The maximum absolute atomic E-state index is 10.1. The molecular formula is C17H26O2. The molecule has 0 aromatic heterocycles. The third-order valence-corrected chi connectivity index (χ3v) is 4.26. The zero-order chi connectivity index (χ0) is 13.8. The zero-order valence-corrected chi connectivity index (χ0v) is 12.3. The molecule has 1 aliphatic carbocycles. The third kappa shape index (κ3) is 3.50. The van der Waals surface area contributed by atoms with E-state index in [-0.39, 0.29) is 12.2 Å². The van der Waals surface area contributed by atoms with Crippen LogP contribution >= 0.6 is 0 Å². The third-order valence-electron chi connectivity index (χ3n) is 4.26. The zero-order valence-electron chi connectivity index (χ0n) is 12.3. The van der Waals surface area contributed by atoms with E-state index < -0.39 is 0 Å². The Kier molecular flexibility index (Phi) is 4.87. The quantitative estimate of drug-likeness (QED) is 0.884. The molecule has 1 aromatic rings. The maximum Gasteiger partial charge on any atom is 0.125 e. The highest BCUT2D eigenvalue weighted by Gasteiger charge is 2.30. The van der Waals surface area contributed by atoms with Gasteiger partial charge >= 0.3 is 0 Å². The molecule has 0 aliphatic heterocycles. The van der Waals surface area contributed by atoms with Gasteiger partial charge in [-0.15, -0.1) is 0 Å². The fraction of sp³-hybridized carbons (Fsp3) is 0.647. The van der Waals surface area contributed by atoms with Crippen LogP contribution in [0.4, 0.5) is 0 Å². The van der Waals surface area contributed by atoms with Gasteiger partial charge in [-0.3, -0.25) is 0 Å². The minimum Gasteiger partial charge on any atom is -0.487 e. The SMILES string of the molecule is CCC1CCC(O)C(Oc2ccccc2C(C)C)C1. The number of benzene rings is 1. The molecule has 106 valence electrons. The van der Waals surface area contributed by atoms with Crippen LogP contribution in [0.5, 0.6) is 5.75 Å². The van der Waals surface area contributed by atoms with E-state index in [0.29, 0.717) is 11.8 Å². The Morgan fingerprint density at radius 1 is 1.26 bits per heavy atom.